The van der Waals surface area contributed by atoms with Gasteiger partial charge in [-0.2, -0.15) is 0 Å². The van der Waals surface area contributed by atoms with Crippen molar-refractivity contribution in [1.82, 2.24) is 5.32 Å². The zero-order chi connectivity index (χ0) is 13.1. The number of halogens is 2. The lowest BCUT2D eigenvalue weighted by molar-refractivity contribution is 0.131. The molecule has 0 spiro atoms. The SMILES string of the molecule is CC(C)(C)NC(=O)OCc1cc(Cl)ccc1Cl. The molecule has 0 aliphatic carbocycles. The number of rotatable bonds is 2. The fourth-order valence-corrected chi connectivity index (χ4v) is 1.51. The number of amides is 1. The first-order valence-corrected chi connectivity index (χ1v) is 5.92. The van der Waals surface area contributed by atoms with E-state index >= 15 is 0 Å². The third kappa shape index (κ3) is 5.29. The van der Waals surface area contributed by atoms with Gasteiger partial charge in [0.2, 0.25) is 0 Å². The van der Waals surface area contributed by atoms with Crippen molar-refractivity contribution in [3.05, 3.63) is 33.8 Å². The molecule has 0 radical (unpaired) electrons. The summed E-state index contributed by atoms with van der Waals surface area (Å²) in [7, 11) is 0. The zero-order valence-electron chi connectivity index (χ0n) is 10.0. The van der Waals surface area contributed by atoms with Crippen LogP contribution in [0.15, 0.2) is 18.2 Å². The molecule has 0 bridgehead atoms. The van der Waals surface area contributed by atoms with Crippen molar-refractivity contribution in [2.75, 3.05) is 0 Å². The molecule has 94 valence electrons. The van der Waals surface area contributed by atoms with E-state index in [-0.39, 0.29) is 12.1 Å². The van der Waals surface area contributed by atoms with Crippen molar-refractivity contribution < 1.29 is 9.53 Å². The number of benzene rings is 1. The molecule has 0 aliphatic heterocycles. The Bertz CT molecular complexity index is 413. The Hall–Kier alpha value is -0.930. The van der Waals surface area contributed by atoms with Crippen molar-refractivity contribution in [3.63, 3.8) is 0 Å². The second kappa shape index (κ2) is 5.61. The molecule has 0 fully saturated rings. The monoisotopic (exact) mass is 275 g/mol. The van der Waals surface area contributed by atoms with Gasteiger partial charge in [0.1, 0.15) is 6.61 Å². The molecule has 0 saturated carbocycles. The van der Waals surface area contributed by atoms with Gasteiger partial charge in [0.25, 0.3) is 0 Å². The summed E-state index contributed by atoms with van der Waals surface area (Å²) in [5.74, 6) is 0. The second-order valence-corrected chi connectivity index (χ2v) is 5.53. The van der Waals surface area contributed by atoms with Gasteiger partial charge in [-0.1, -0.05) is 23.2 Å². The van der Waals surface area contributed by atoms with Crippen LogP contribution < -0.4 is 5.32 Å². The van der Waals surface area contributed by atoms with E-state index in [0.29, 0.717) is 15.6 Å². The third-order valence-electron chi connectivity index (χ3n) is 1.84. The Morgan fingerprint density at radius 1 is 1.35 bits per heavy atom. The first kappa shape index (κ1) is 14.1. The van der Waals surface area contributed by atoms with Gasteiger partial charge in [0, 0.05) is 21.1 Å². The molecule has 3 nitrogen and oxygen atoms in total. The number of ether oxygens (including phenoxy) is 1. The van der Waals surface area contributed by atoms with Gasteiger partial charge < -0.3 is 10.1 Å². The van der Waals surface area contributed by atoms with Crippen molar-refractivity contribution >= 4 is 29.3 Å². The number of hydrogen-bond donors (Lipinski definition) is 1. The highest BCUT2D eigenvalue weighted by Gasteiger charge is 2.15. The summed E-state index contributed by atoms with van der Waals surface area (Å²) in [5, 5.41) is 3.77. The maximum absolute atomic E-state index is 11.4. The van der Waals surface area contributed by atoms with Gasteiger partial charge in [-0.05, 0) is 39.0 Å². The van der Waals surface area contributed by atoms with E-state index in [9.17, 15) is 4.79 Å². The van der Waals surface area contributed by atoms with Crippen LogP contribution in [0.25, 0.3) is 0 Å². The first-order chi connectivity index (χ1) is 7.78. The topological polar surface area (TPSA) is 38.3 Å². The van der Waals surface area contributed by atoms with E-state index < -0.39 is 6.09 Å². The molecule has 1 aromatic rings. The average molecular weight is 276 g/mol. The fourth-order valence-electron chi connectivity index (χ4n) is 1.14. The van der Waals surface area contributed by atoms with Crippen molar-refractivity contribution in [1.29, 1.82) is 0 Å². The van der Waals surface area contributed by atoms with E-state index in [4.69, 9.17) is 27.9 Å². The van der Waals surface area contributed by atoms with Crippen LogP contribution in [0.4, 0.5) is 4.79 Å². The van der Waals surface area contributed by atoms with Gasteiger partial charge in [-0.3, -0.25) is 0 Å². The van der Waals surface area contributed by atoms with Crippen LogP contribution >= 0.6 is 23.2 Å². The number of carbonyl (C=O) groups is 1. The molecule has 0 aliphatic rings. The predicted octanol–water partition coefficient (Wildman–Crippen LogP) is 4.02. The highest BCUT2D eigenvalue weighted by atomic mass is 35.5. The molecule has 1 rings (SSSR count). The molecular formula is C12H15Cl2NO2. The minimum atomic E-state index is -0.478. The summed E-state index contributed by atoms with van der Waals surface area (Å²) in [5.41, 5.74) is 0.359. The lowest BCUT2D eigenvalue weighted by Gasteiger charge is -2.20. The maximum atomic E-state index is 11.4. The lowest BCUT2D eigenvalue weighted by atomic mass is 10.1. The van der Waals surface area contributed by atoms with E-state index in [1.807, 2.05) is 20.8 Å². The molecule has 0 aromatic heterocycles. The average Bonchev–Trinajstić information content (AvgIpc) is 2.17. The third-order valence-corrected chi connectivity index (χ3v) is 2.45. The molecule has 1 aromatic carbocycles. The Morgan fingerprint density at radius 2 is 2.00 bits per heavy atom. The number of nitrogens with one attached hydrogen (secondary N) is 1. The minimum absolute atomic E-state index is 0.0985. The standard InChI is InChI=1S/C12H15Cl2NO2/c1-12(2,3)15-11(16)17-7-8-6-9(13)4-5-10(8)14/h4-6H,7H2,1-3H3,(H,15,16). The van der Waals surface area contributed by atoms with Crippen molar-refractivity contribution in [2.24, 2.45) is 0 Å². The number of alkyl carbamates (subject to hydrolysis) is 1. The van der Waals surface area contributed by atoms with Gasteiger partial charge in [0.15, 0.2) is 0 Å². The molecule has 0 unspecified atom stereocenters. The summed E-state index contributed by atoms with van der Waals surface area (Å²) < 4.78 is 5.05. The normalized spacial score (nSPS) is 11.1. The van der Waals surface area contributed by atoms with Crippen molar-refractivity contribution in [2.45, 2.75) is 32.9 Å². The summed E-state index contributed by atoms with van der Waals surface area (Å²) in [4.78, 5) is 11.4. The van der Waals surface area contributed by atoms with Crippen LogP contribution in [0.5, 0.6) is 0 Å². The van der Waals surface area contributed by atoms with E-state index in [0.717, 1.165) is 0 Å². The summed E-state index contributed by atoms with van der Waals surface area (Å²) in [6.07, 6.45) is -0.478. The second-order valence-electron chi connectivity index (χ2n) is 4.69. The van der Waals surface area contributed by atoms with Gasteiger partial charge in [0.05, 0.1) is 0 Å². The summed E-state index contributed by atoms with van der Waals surface area (Å²) in [6, 6.07) is 5.03. The highest BCUT2D eigenvalue weighted by Crippen LogP contribution is 2.21. The molecule has 0 heterocycles. The number of carbonyl (C=O) groups excluding carboxylic acids is 1. The molecule has 0 saturated heterocycles. The Morgan fingerprint density at radius 3 is 2.59 bits per heavy atom. The highest BCUT2D eigenvalue weighted by molar-refractivity contribution is 6.33. The molecular weight excluding hydrogens is 261 g/mol. The van der Waals surface area contributed by atoms with Gasteiger partial charge >= 0.3 is 6.09 Å². The lowest BCUT2D eigenvalue weighted by Crippen LogP contribution is -2.40. The van der Waals surface area contributed by atoms with E-state index in [1.165, 1.54) is 0 Å². The van der Waals surface area contributed by atoms with Gasteiger partial charge in [-0.25, -0.2) is 4.79 Å². The molecule has 1 N–H and O–H groups in total. The molecule has 0 atom stereocenters. The van der Waals surface area contributed by atoms with Crippen LogP contribution in [0.1, 0.15) is 26.3 Å². The van der Waals surface area contributed by atoms with Crippen LogP contribution in [0.2, 0.25) is 10.0 Å². The van der Waals surface area contributed by atoms with Crippen LogP contribution in [-0.2, 0) is 11.3 Å². The van der Waals surface area contributed by atoms with E-state index in [1.54, 1.807) is 18.2 Å². The summed E-state index contributed by atoms with van der Waals surface area (Å²) in [6.45, 7) is 5.73. The quantitative estimate of drug-likeness (QED) is 0.886. The van der Waals surface area contributed by atoms with Crippen LogP contribution in [0.3, 0.4) is 0 Å². The first-order valence-electron chi connectivity index (χ1n) is 5.17. The number of hydrogen-bond acceptors (Lipinski definition) is 2. The van der Waals surface area contributed by atoms with Crippen LogP contribution in [0, 0.1) is 0 Å². The molecule has 5 heteroatoms. The van der Waals surface area contributed by atoms with Crippen molar-refractivity contribution in [3.8, 4) is 0 Å². The molecule has 1 amide bonds. The molecule has 17 heavy (non-hydrogen) atoms. The Kier molecular flexibility index (Phi) is 4.66. The zero-order valence-corrected chi connectivity index (χ0v) is 11.5. The largest absolute Gasteiger partial charge is 0.445 e. The maximum Gasteiger partial charge on any atom is 0.407 e. The summed E-state index contributed by atoms with van der Waals surface area (Å²) >= 11 is 11.8. The Labute approximate surface area is 111 Å². The smallest absolute Gasteiger partial charge is 0.407 e. The van der Waals surface area contributed by atoms with E-state index in [2.05, 4.69) is 5.32 Å². The fraction of sp³-hybridized carbons (Fsp3) is 0.417. The predicted molar refractivity (Wildman–Crippen MR) is 69.5 cm³/mol. The Balaban J connectivity index is 2.56. The van der Waals surface area contributed by atoms with Gasteiger partial charge in [-0.15, -0.1) is 0 Å². The minimum Gasteiger partial charge on any atom is -0.445 e. The van der Waals surface area contributed by atoms with Crippen LogP contribution in [-0.4, -0.2) is 11.6 Å².